The maximum atomic E-state index is 13.0. The van der Waals surface area contributed by atoms with E-state index in [1.807, 2.05) is 39.9 Å². The number of carbonyl (C=O) groups excluding carboxylic acids is 1. The Morgan fingerprint density at radius 3 is 2.44 bits per heavy atom. The van der Waals surface area contributed by atoms with Crippen LogP contribution in [0.4, 0.5) is 5.69 Å². The number of hydrogen-bond donors (Lipinski definition) is 0. The zero-order chi connectivity index (χ0) is 23.5. The fourth-order valence-electron chi connectivity index (χ4n) is 4.29. The average molecular weight is 459 g/mol. The highest BCUT2D eigenvalue weighted by Gasteiger charge is 2.23. The van der Waals surface area contributed by atoms with Gasteiger partial charge in [-0.05, 0) is 18.2 Å². The van der Waals surface area contributed by atoms with E-state index in [-0.39, 0.29) is 12.5 Å². The second-order valence-electron chi connectivity index (χ2n) is 8.08. The van der Waals surface area contributed by atoms with E-state index < -0.39 is 0 Å². The number of carbonyl (C=O) groups is 1. The van der Waals surface area contributed by atoms with Gasteiger partial charge in [0.25, 0.3) is 0 Å². The van der Waals surface area contributed by atoms with E-state index in [4.69, 9.17) is 9.47 Å². The molecule has 9 heteroatoms. The van der Waals surface area contributed by atoms with Crippen molar-refractivity contribution in [2.75, 3.05) is 45.3 Å². The minimum atomic E-state index is 0.0895. The second-order valence-corrected chi connectivity index (χ2v) is 8.08. The van der Waals surface area contributed by atoms with Crippen molar-refractivity contribution in [1.82, 2.24) is 24.4 Å². The standard InChI is InChI=1S/C25H26N6O3/c1-33-20-13-18-7-8-31(24(18)26-16-20)17-23(32)30-11-9-29(10-12-30)22-6-4-3-5-21(22)19-14-27-25(34-2)28-15-19/h3-8,13-16H,9-12,17H2,1-2H3. The Bertz CT molecular complexity index is 1300. The third-order valence-electron chi connectivity index (χ3n) is 6.12. The zero-order valence-corrected chi connectivity index (χ0v) is 19.2. The lowest BCUT2D eigenvalue weighted by Gasteiger charge is -2.37. The van der Waals surface area contributed by atoms with E-state index in [0.717, 1.165) is 40.9 Å². The lowest BCUT2D eigenvalue weighted by atomic mass is 10.1. The maximum Gasteiger partial charge on any atom is 0.316 e. The largest absolute Gasteiger partial charge is 0.495 e. The van der Waals surface area contributed by atoms with Gasteiger partial charge in [0.2, 0.25) is 5.91 Å². The Morgan fingerprint density at radius 2 is 1.71 bits per heavy atom. The molecule has 1 aliphatic heterocycles. The fraction of sp³-hybridized carbons (Fsp3) is 0.280. The molecule has 0 bridgehead atoms. The SMILES string of the molecule is COc1cnc2c(ccn2CC(=O)N2CCN(c3ccccc3-c3cnc(OC)nc3)CC2)c1. The number of para-hydroxylation sites is 1. The number of pyridine rings is 1. The van der Waals surface area contributed by atoms with Crippen LogP contribution in [0.3, 0.4) is 0 Å². The highest BCUT2D eigenvalue weighted by atomic mass is 16.5. The Balaban J connectivity index is 1.26. The van der Waals surface area contributed by atoms with Crippen molar-refractivity contribution in [3.05, 3.63) is 61.2 Å². The molecule has 0 radical (unpaired) electrons. The molecule has 3 aromatic heterocycles. The molecule has 1 saturated heterocycles. The summed E-state index contributed by atoms with van der Waals surface area (Å²) in [5.74, 6) is 0.792. The minimum Gasteiger partial charge on any atom is -0.495 e. The van der Waals surface area contributed by atoms with Crippen LogP contribution in [0, 0.1) is 0 Å². The fourth-order valence-corrected chi connectivity index (χ4v) is 4.29. The molecule has 174 valence electrons. The number of benzene rings is 1. The number of ether oxygens (including phenoxy) is 2. The summed E-state index contributed by atoms with van der Waals surface area (Å²) in [4.78, 5) is 30.2. The lowest BCUT2D eigenvalue weighted by molar-refractivity contribution is -0.132. The number of nitrogens with zero attached hydrogens (tertiary/aromatic N) is 6. The Labute approximate surface area is 197 Å². The van der Waals surface area contributed by atoms with Crippen LogP contribution in [0.15, 0.2) is 61.2 Å². The number of fused-ring (bicyclic) bond motifs is 1. The number of amides is 1. The van der Waals surface area contributed by atoms with E-state index in [0.29, 0.717) is 24.8 Å². The molecule has 1 amide bonds. The maximum absolute atomic E-state index is 13.0. The third-order valence-corrected chi connectivity index (χ3v) is 6.12. The molecule has 1 aliphatic rings. The van der Waals surface area contributed by atoms with E-state index in [1.165, 1.54) is 0 Å². The molecule has 0 atom stereocenters. The molecule has 9 nitrogen and oxygen atoms in total. The molecule has 4 heterocycles. The number of anilines is 1. The summed E-state index contributed by atoms with van der Waals surface area (Å²) in [5.41, 5.74) is 3.88. The number of rotatable bonds is 6. The van der Waals surface area contributed by atoms with Crippen molar-refractivity contribution >= 4 is 22.6 Å². The van der Waals surface area contributed by atoms with Crippen molar-refractivity contribution in [2.24, 2.45) is 0 Å². The minimum absolute atomic E-state index is 0.0895. The van der Waals surface area contributed by atoms with Gasteiger partial charge >= 0.3 is 6.01 Å². The normalized spacial score (nSPS) is 13.8. The molecule has 0 unspecified atom stereocenters. The number of piperazine rings is 1. The second kappa shape index (κ2) is 9.38. The smallest absolute Gasteiger partial charge is 0.316 e. The van der Waals surface area contributed by atoms with E-state index >= 15 is 0 Å². The molecular weight excluding hydrogens is 432 g/mol. The van der Waals surface area contributed by atoms with Crippen LogP contribution in [0.1, 0.15) is 0 Å². The molecule has 4 aromatic rings. The molecule has 34 heavy (non-hydrogen) atoms. The Hall–Kier alpha value is -4.14. The van der Waals surface area contributed by atoms with Gasteiger partial charge in [0.05, 0.1) is 20.4 Å². The first-order chi connectivity index (χ1) is 16.7. The summed E-state index contributed by atoms with van der Waals surface area (Å²) in [6.45, 7) is 3.09. The van der Waals surface area contributed by atoms with Gasteiger partial charge in [-0.3, -0.25) is 4.79 Å². The van der Waals surface area contributed by atoms with Gasteiger partial charge in [-0.15, -0.1) is 0 Å². The lowest BCUT2D eigenvalue weighted by Crippen LogP contribution is -2.49. The van der Waals surface area contributed by atoms with Crippen LogP contribution >= 0.6 is 0 Å². The highest BCUT2D eigenvalue weighted by molar-refractivity contribution is 5.82. The summed E-state index contributed by atoms with van der Waals surface area (Å²) in [6, 6.07) is 12.4. The number of aromatic nitrogens is 4. The van der Waals surface area contributed by atoms with Gasteiger partial charge in [0.15, 0.2) is 0 Å². The van der Waals surface area contributed by atoms with E-state index in [9.17, 15) is 4.79 Å². The number of methoxy groups -OCH3 is 2. The Kier molecular flexibility index (Phi) is 5.99. The molecule has 0 saturated carbocycles. The highest BCUT2D eigenvalue weighted by Crippen LogP contribution is 2.31. The molecule has 1 fully saturated rings. The number of hydrogen-bond acceptors (Lipinski definition) is 7. The van der Waals surface area contributed by atoms with Crippen molar-refractivity contribution in [2.45, 2.75) is 6.54 Å². The van der Waals surface area contributed by atoms with Gasteiger partial charge in [0.1, 0.15) is 17.9 Å². The van der Waals surface area contributed by atoms with Crippen molar-refractivity contribution < 1.29 is 14.3 Å². The first kappa shape index (κ1) is 21.7. The summed E-state index contributed by atoms with van der Waals surface area (Å²) in [7, 11) is 3.17. The molecule has 1 aromatic carbocycles. The summed E-state index contributed by atoms with van der Waals surface area (Å²) in [6.07, 6.45) is 7.12. The summed E-state index contributed by atoms with van der Waals surface area (Å²) < 4.78 is 12.2. The molecule has 0 spiro atoms. The van der Waals surface area contributed by atoms with E-state index in [2.05, 4.69) is 32.0 Å². The summed E-state index contributed by atoms with van der Waals surface area (Å²) >= 11 is 0. The first-order valence-corrected chi connectivity index (χ1v) is 11.1. The van der Waals surface area contributed by atoms with E-state index in [1.54, 1.807) is 32.8 Å². The molecule has 0 aliphatic carbocycles. The first-order valence-electron chi connectivity index (χ1n) is 11.1. The van der Waals surface area contributed by atoms with Crippen molar-refractivity contribution in [3.8, 4) is 22.9 Å². The topological polar surface area (TPSA) is 85.6 Å². The molecular formula is C25H26N6O3. The third kappa shape index (κ3) is 4.24. The van der Waals surface area contributed by atoms with Gasteiger partial charge in [0, 0.05) is 67.0 Å². The van der Waals surface area contributed by atoms with Crippen LogP contribution in [-0.2, 0) is 11.3 Å². The average Bonchev–Trinajstić information content (AvgIpc) is 3.30. The van der Waals surface area contributed by atoms with Crippen molar-refractivity contribution in [1.29, 1.82) is 0 Å². The monoisotopic (exact) mass is 458 g/mol. The van der Waals surface area contributed by atoms with Gasteiger partial charge in [-0.1, -0.05) is 18.2 Å². The van der Waals surface area contributed by atoms with Crippen LogP contribution in [0.2, 0.25) is 0 Å². The van der Waals surface area contributed by atoms with Gasteiger partial charge < -0.3 is 23.8 Å². The van der Waals surface area contributed by atoms with Gasteiger partial charge in [-0.2, -0.15) is 0 Å². The quantitative estimate of drug-likeness (QED) is 0.439. The van der Waals surface area contributed by atoms with Crippen LogP contribution in [0.25, 0.3) is 22.2 Å². The predicted octanol–water partition coefficient (Wildman–Crippen LogP) is 2.86. The van der Waals surface area contributed by atoms with Crippen LogP contribution < -0.4 is 14.4 Å². The molecule has 5 rings (SSSR count). The zero-order valence-electron chi connectivity index (χ0n) is 19.2. The van der Waals surface area contributed by atoms with Crippen LogP contribution in [0.5, 0.6) is 11.8 Å². The van der Waals surface area contributed by atoms with Gasteiger partial charge in [-0.25, -0.2) is 15.0 Å². The predicted molar refractivity (Wildman–Crippen MR) is 129 cm³/mol. The summed E-state index contributed by atoms with van der Waals surface area (Å²) in [5, 5.41) is 0.955. The van der Waals surface area contributed by atoms with Crippen LogP contribution in [-0.4, -0.2) is 70.7 Å². The Morgan fingerprint density at radius 1 is 0.941 bits per heavy atom. The van der Waals surface area contributed by atoms with Crippen molar-refractivity contribution in [3.63, 3.8) is 0 Å². The molecule has 0 N–H and O–H groups in total.